The largest absolute Gasteiger partial charge is 0.508 e. The summed E-state index contributed by atoms with van der Waals surface area (Å²) in [5.41, 5.74) is 1.29. The smallest absolute Gasteiger partial charge is 0.408 e. The Morgan fingerprint density at radius 3 is 2.61 bits per heavy atom. The maximum Gasteiger partial charge on any atom is 0.408 e. The van der Waals surface area contributed by atoms with E-state index in [0.29, 0.717) is 24.2 Å². The first-order chi connectivity index (χ1) is 13.3. The fourth-order valence-electron chi connectivity index (χ4n) is 3.41. The fourth-order valence-corrected chi connectivity index (χ4v) is 3.41. The molecule has 1 unspecified atom stereocenters. The molecule has 1 aliphatic heterocycles. The van der Waals surface area contributed by atoms with Crippen molar-refractivity contribution in [2.75, 3.05) is 6.54 Å². The third-order valence-corrected chi connectivity index (χ3v) is 4.82. The summed E-state index contributed by atoms with van der Waals surface area (Å²) in [6.45, 7) is 0.337. The topological polar surface area (TPSA) is 49.8 Å². The lowest BCUT2D eigenvalue weighted by molar-refractivity contribution is -0.195. The molecule has 1 N–H and O–H groups in total. The second-order valence-corrected chi connectivity index (χ2v) is 6.88. The lowest BCUT2D eigenvalue weighted by Gasteiger charge is -2.37. The molecule has 1 amide bonds. The number of piperidine rings is 1. The van der Waals surface area contributed by atoms with Gasteiger partial charge < -0.3 is 14.7 Å². The first-order valence-corrected chi connectivity index (χ1v) is 9.19. The van der Waals surface area contributed by atoms with Gasteiger partial charge >= 0.3 is 6.18 Å². The van der Waals surface area contributed by atoms with E-state index in [-0.39, 0.29) is 31.7 Å². The Labute approximate surface area is 161 Å². The highest BCUT2D eigenvalue weighted by Gasteiger charge is 2.46. The average Bonchev–Trinajstić information content (AvgIpc) is 2.67. The highest BCUT2D eigenvalue weighted by Crippen LogP contribution is 2.33. The van der Waals surface area contributed by atoms with Crippen molar-refractivity contribution in [1.82, 2.24) is 4.90 Å². The van der Waals surface area contributed by atoms with E-state index in [0.717, 1.165) is 10.5 Å². The highest BCUT2D eigenvalue weighted by molar-refractivity contribution is 5.80. The lowest BCUT2D eigenvalue weighted by atomic mass is 10.00. The first kappa shape index (κ1) is 20.0. The predicted molar refractivity (Wildman–Crippen MR) is 98.0 cm³/mol. The number of aromatic hydroxyl groups is 1. The maximum absolute atomic E-state index is 13.3. The van der Waals surface area contributed by atoms with Gasteiger partial charge in [0.25, 0.3) is 0 Å². The second-order valence-electron chi connectivity index (χ2n) is 6.88. The Morgan fingerprint density at radius 1 is 1.14 bits per heavy atom. The number of benzene rings is 2. The Balaban J connectivity index is 1.75. The summed E-state index contributed by atoms with van der Waals surface area (Å²) in [4.78, 5) is 13.6. The molecule has 150 valence electrons. The van der Waals surface area contributed by atoms with E-state index in [4.69, 9.17) is 4.74 Å². The van der Waals surface area contributed by atoms with Crippen LogP contribution in [-0.2, 0) is 17.8 Å². The molecule has 0 aromatic heterocycles. The number of halogens is 3. The SMILES string of the molecule is O=C(Cc1cc(O)ccc1OCc1ccccc1)N1CCCCC1C(F)(F)F. The molecule has 1 atom stereocenters. The number of amides is 1. The number of alkyl halides is 3. The van der Waals surface area contributed by atoms with Crippen molar-refractivity contribution >= 4 is 5.91 Å². The van der Waals surface area contributed by atoms with Crippen molar-refractivity contribution in [2.45, 2.75) is 44.5 Å². The van der Waals surface area contributed by atoms with E-state index in [1.54, 1.807) is 0 Å². The number of carbonyl (C=O) groups is 1. The first-order valence-electron chi connectivity index (χ1n) is 9.19. The molecule has 1 fully saturated rings. The van der Waals surface area contributed by atoms with Gasteiger partial charge in [-0.3, -0.25) is 4.79 Å². The van der Waals surface area contributed by atoms with Crippen LogP contribution in [0.4, 0.5) is 13.2 Å². The molecule has 1 aliphatic rings. The highest BCUT2D eigenvalue weighted by atomic mass is 19.4. The maximum atomic E-state index is 13.3. The third-order valence-electron chi connectivity index (χ3n) is 4.82. The molecule has 28 heavy (non-hydrogen) atoms. The summed E-state index contributed by atoms with van der Waals surface area (Å²) in [6, 6.07) is 11.9. The van der Waals surface area contributed by atoms with Gasteiger partial charge in [-0.15, -0.1) is 0 Å². The number of carbonyl (C=O) groups excluding carboxylic acids is 1. The molecular weight excluding hydrogens is 371 g/mol. The summed E-state index contributed by atoms with van der Waals surface area (Å²) in [6.07, 6.45) is -3.78. The van der Waals surface area contributed by atoms with Crippen molar-refractivity contribution < 1.29 is 27.8 Å². The summed E-state index contributed by atoms with van der Waals surface area (Å²) in [7, 11) is 0. The molecule has 0 aliphatic carbocycles. The zero-order chi connectivity index (χ0) is 20.1. The zero-order valence-corrected chi connectivity index (χ0v) is 15.3. The molecule has 2 aromatic rings. The third kappa shape index (κ3) is 4.97. The summed E-state index contributed by atoms with van der Waals surface area (Å²) in [5, 5.41) is 9.77. The van der Waals surface area contributed by atoms with Gasteiger partial charge in [-0.05, 0) is 43.0 Å². The average molecular weight is 393 g/mol. The van der Waals surface area contributed by atoms with E-state index >= 15 is 0 Å². The molecule has 0 radical (unpaired) electrons. The van der Waals surface area contributed by atoms with E-state index in [1.165, 1.54) is 18.2 Å². The van der Waals surface area contributed by atoms with Gasteiger partial charge in [0.15, 0.2) is 0 Å². The van der Waals surface area contributed by atoms with Gasteiger partial charge in [0.2, 0.25) is 5.91 Å². The van der Waals surface area contributed by atoms with Crippen molar-refractivity contribution in [1.29, 1.82) is 0 Å². The van der Waals surface area contributed by atoms with Gasteiger partial charge in [0, 0.05) is 12.1 Å². The van der Waals surface area contributed by atoms with Crippen LogP contribution in [0.5, 0.6) is 11.5 Å². The van der Waals surface area contributed by atoms with Crippen LogP contribution in [0.25, 0.3) is 0 Å². The van der Waals surface area contributed by atoms with Crippen LogP contribution in [-0.4, -0.2) is 34.7 Å². The predicted octanol–water partition coefficient (Wildman–Crippen LogP) is 4.46. The Morgan fingerprint density at radius 2 is 1.89 bits per heavy atom. The second kappa shape index (κ2) is 8.54. The van der Waals surface area contributed by atoms with E-state index < -0.39 is 18.1 Å². The van der Waals surface area contributed by atoms with Gasteiger partial charge in [-0.25, -0.2) is 0 Å². The number of hydrogen-bond acceptors (Lipinski definition) is 3. The van der Waals surface area contributed by atoms with Crippen LogP contribution < -0.4 is 4.74 Å². The minimum absolute atomic E-state index is 0.0686. The van der Waals surface area contributed by atoms with Crippen molar-refractivity contribution in [3.63, 3.8) is 0 Å². The van der Waals surface area contributed by atoms with Crippen molar-refractivity contribution in [2.24, 2.45) is 0 Å². The molecule has 1 heterocycles. The molecule has 1 saturated heterocycles. The van der Waals surface area contributed by atoms with Crippen molar-refractivity contribution in [3.05, 3.63) is 59.7 Å². The van der Waals surface area contributed by atoms with Crippen LogP contribution in [0, 0.1) is 0 Å². The fraction of sp³-hybridized carbons (Fsp3) is 0.381. The molecule has 4 nitrogen and oxygen atoms in total. The number of hydrogen-bond donors (Lipinski definition) is 1. The molecule has 0 saturated carbocycles. The molecule has 0 spiro atoms. The van der Waals surface area contributed by atoms with Crippen molar-refractivity contribution in [3.8, 4) is 11.5 Å². The normalized spacial score (nSPS) is 17.4. The summed E-state index contributed by atoms with van der Waals surface area (Å²) in [5.74, 6) is -0.311. The van der Waals surface area contributed by atoms with Crippen LogP contribution in [0.15, 0.2) is 48.5 Å². The van der Waals surface area contributed by atoms with E-state index in [2.05, 4.69) is 0 Å². The Hall–Kier alpha value is -2.70. The van der Waals surface area contributed by atoms with Gasteiger partial charge in [0.05, 0.1) is 6.42 Å². The van der Waals surface area contributed by atoms with Gasteiger partial charge in [-0.1, -0.05) is 30.3 Å². The van der Waals surface area contributed by atoms with Crippen LogP contribution in [0.1, 0.15) is 30.4 Å². The molecule has 2 aromatic carbocycles. The number of likely N-dealkylation sites (tertiary alicyclic amines) is 1. The Kier molecular flexibility index (Phi) is 6.11. The van der Waals surface area contributed by atoms with Crippen LogP contribution >= 0.6 is 0 Å². The number of phenolic OH excluding ortho intramolecular Hbond substituents is 1. The number of rotatable bonds is 5. The standard InChI is InChI=1S/C21H22F3NO3/c22-21(23,24)19-8-4-5-11-25(19)20(27)13-16-12-17(26)9-10-18(16)28-14-15-6-2-1-3-7-15/h1-3,6-7,9-10,12,19,26H,4-5,8,11,13-14H2. The number of ether oxygens (including phenoxy) is 1. The minimum Gasteiger partial charge on any atom is -0.508 e. The summed E-state index contributed by atoms with van der Waals surface area (Å²) < 4.78 is 45.6. The van der Waals surface area contributed by atoms with Crippen LogP contribution in [0.2, 0.25) is 0 Å². The molecule has 0 bridgehead atoms. The number of nitrogens with zero attached hydrogens (tertiary/aromatic N) is 1. The molecule has 3 rings (SSSR count). The Bertz CT molecular complexity index is 808. The van der Waals surface area contributed by atoms with Gasteiger partial charge in [-0.2, -0.15) is 13.2 Å². The lowest BCUT2D eigenvalue weighted by Crippen LogP contribution is -2.51. The number of phenols is 1. The molecule has 7 heteroatoms. The zero-order valence-electron chi connectivity index (χ0n) is 15.3. The minimum atomic E-state index is -4.44. The van der Waals surface area contributed by atoms with Gasteiger partial charge in [0.1, 0.15) is 24.1 Å². The quantitative estimate of drug-likeness (QED) is 0.816. The van der Waals surface area contributed by atoms with E-state index in [1.807, 2.05) is 30.3 Å². The van der Waals surface area contributed by atoms with Crippen LogP contribution in [0.3, 0.4) is 0 Å². The monoisotopic (exact) mass is 393 g/mol. The summed E-state index contributed by atoms with van der Waals surface area (Å²) >= 11 is 0. The van der Waals surface area contributed by atoms with E-state index in [9.17, 15) is 23.1 Å². The molecular formula is C21H22F3NO3.